The molecule has 1 aromatic carbocycles. The minimum Gasteiger partial charge on any atom is -0.480 e. The number of amides is 1. The predicted molar refractivity (Wildman–Crippen MR) is 82.9 cm³/mol. The molecule has 3 aromatic rings. The van der Waals surface area contributed by atoms with Crippen molar-refractivity contribution in [1.29, 1.82) is 0 Å². The number of H-pyrrole nitrogens is 1. The van der Waals surface area contributed by atoms with Crippen molar-refractivity contribution in [3.8, 4) is 5.88 Å². The first-order valence-corrected chi connectivity index (χ1v) is 6.99. The summed E-state index contributed by atoms with van der Waals surface area (Å²) >= 11 is 0. The topological polar surface area (TPSA) is 79.9 Å². The fourth-order valence-electron chi connectivity index (χ4n) is 2.29. The standard InChI is InChI=1S/C16H16N4O2/c1-22-15-7-6-14(19-20-15)16(21)17-9-8-11-10-18-13-5-3-2-4-12(11)13/h2-7,10,18H,8-9H2,1H3,(H,17,21). The van der Waals surface area contributed by atoms with Gasteiger partial charge in [-0.25, -0.2) is 0 Å². The van der Waals surface area contributed by atoms with Crippen molar-refractivity contribution in [1.82, 2.24) is 20.5 Å². The third kappa shape index (κ3) is 2.90. The van der Waals surface area contributed by atoms with Gasteiger partial charge in [-0.05, 0) is 24.1 Å². The third-order valence-corrected chi connectivity index (χ3v) is 3.44. The summed E-state index contributed by atoms with van der Waals surface area (Å²) in [4.78, 5) is 15.2. The number of carbonyl (C=O) groups is 1. The quantitative estimate of drug-likeness (QED) is 0.754. The molecule has 0 radical (unpaired) electrons. The summed E-state index contributed by atoms with van der Waals surface area (Å²) in [7, 11) is 1.50. The average Bonchev–Trinajstić information content (AvgIpc) is 2.98. The van der Waals surface area contributed by atoms with Crippen LogP contribution >= 0.6 is 0 Å². The molecule has 6 nitrogen and oxygen atoms in total. The number of hydrogen-bond acceptors (Lipinski definition) is 4. The number of para-hydroxylation sites is 1. The molecule has 0 atom stereocenters. The van der Waals surface area contributed by atoms with Crippen molar-refractivity contribution < 1.29 is 9.53 Å². The maximum absolute atomic E-state index is 12.0. The molecule has 0 fully saturated rings. The maximum Gasteiger partial charge on any atom is 0.271 e. The number of fused-ring (bicyclic) bond motifs is 1. The third-order valence-electron chi connectivity index (χ3n) is 3.44. The van der Waals surface area contributed by atoms with Crippen molar-refractivity contribution in [3.63, 3.8) is 0 Å². The van der Waals surface area contributed by atoms with Crippen LogP contribution in [0.5, 0.6) is 5.88 Å². The Bertz CT molecular complexity index is 780. The highest BCUT2D eigenvalue weighted by Crippen LogP contribution is 2.17. The molecule has 112 valence electrons. The lowest BCUT2D eigenvalue weighted by Gasteiger charge is -2.04. The molecule has 3 rings (SSSR count). The molecule has 0 aliphatic rings. The van der Waals surface area contributed by atoms with Crippen LogP contribution in [0.2, 0.25) is 0 Å². The summed E-state index contributed by atoms with van der Waals surface area (Å²) in [5.41, 5.74) is 2.56. The fourth-order valence-corrected chi connectivity index (χ4v) is 2.29. The molecule has 2 N–H and O–H groups in total. The highest BCUT2D eigenvalue weighted by molar-refractivity contribution is 5.92. The number of methoxy groups -OCH3 is 1. The molecule has 0 aliphatic heterocycles. The van der Waals surface area contributed by atoms with Crippen LogP contribution in [-0.4, -0.2) is 34.7 Å². The van der Waals surface area contributed by atoms with E-state index in [0.717, 1.165) is 11.9 Å². The minimum atomic E-state index is -0.241. The monoisotopic (exact) mass is 296 g/mol. The lowest BCUT2D eigenvalue weighted by molar-refractivity contribution is 0.0948. The summed E-state index contributed by atoms with van der Waals surface area (Å²) in [6, 6.07) is 11.3. The van der Waals surface area contributed by atoms with E-state index in [2.05, 4.69) is 26.6 Å². The van der Waals surface area contributed by atoms with E-state index in [1.807, 2.05) is 24.4 Å². The van der Waals surface area contributed by atoms with E-state index in [1.54, 1.807) is 12.1 Å². The first kappa shape index (κ1) is 14.1. The van der Waals surface area contributed by atoms with E-state index < -0.39 is 0 Å². The number of nitrogens with zero attached hydrogens (tertiary/aromatic N) is 2. The Morgan fingerprint density at radius 1 is 1.23 bits per heavy atom. The number of ether oxygens (including phenoxy) is 1. The van der Waals surface area contributed by atoms with E-state index in [-0.39, 0.29) is 11.6 Å². The zero-order valence-corrected chi connectivity index (χ0v) is 12.2. The van der Waals surface area contributed by atoms with Crippen LogP contribution in [-0.2, 0) is 6.42 Å². The normalized spacial score (nSPS) is 10.6. The van der Waals surface area contributed by atoms with Gasteiger partial charge < -0.3 is 15.0 Å². The molecule has 0 saturated carbocycles. The van der Waals surface area contributed by atoms with Gasteiger partial charge in [0, 0.05) is 29.7 Å². The van der Waals surface area contributed by atoms with Crippen molar-refractivity contribution in [2.75, 3.05) is 13.7 Å². The van der Waals surface area contributed by atoms with E-state index >= 15 is 0 Å². The highest BCUT2D eigenvalue weighted by Gasteiger charge is 2.08. The minimum absolute atomic E-state index is 0.241. The molecule has 0 bridgehead atoms. The summed E-state index contributed by atoms with van der Waals surface area (Å²) in [6.07, 6.45) is 2.73. The van der Waals surface area contributed by atoms with Crippen molar-refractivity contribution in [2.24, 2.45) is 0 Å². The number of carbonyl (C=O) groups excluding carboxylic acids is 1. The molecule has 22 heavy (non-hydrogen) atoms. The van der Waals surface area contributed by atoms with Crippen LogP contribution in [0.25, 0.3) is 10.9 Å². The first-order valence-electron chi connectivity index (χ1n) is 6.99. The SMILES string of the molecule is COc1ccc(C(=O)NCCc2c[nH]c3ccccc23)nn1. The van der Waals surface area contributed by atoms with Gasteiger partial charge in [-0.1, -0.05) is 18.2 Å². The van der Waals surface area contributed by atoms with Crippen molar-refractivity contribution >= 4 is 16.8 Å². The molecule has 0 saturated heterocycles. The van der Waals surface area contributed by atoms with Gasteiger partial charge in [0.05, 0.1) is 7.11 Å². The Balaban J connectivity index is 1.59. The van der Waals surface area contributed by atoms with E-state index in [9.17, 15) is 4.79 Å². The Hall–Kier alpha value is -2.89. The van der Waals surface area contributed by atoms with Gasteiger partial charge in [0.25, 0.3) is 5.91 Å². The average molecular weight is 296 g/mol. The van der Waals surface area contributed by atoms with Crippen LogP contribution < -0.4 is 10.1 Å². The molecule has 6 heteroatoms. The van der Waals surface area contributed by atoms with Crippen LogP contribution in [0, 0.1) is 0 Å². The van der Waals surface area contributed by atoms with Gasteiger partial charge in [-0.3, -0.25) is 4.79 Å². The molecule has 0 unspecified atom stereocenters. The fraction of sp³-hybridized carbons (Fsp3) is 0.188. The molecule has 2 heterocycles. The maximum atomic E-state index is 12.0. The Kier molecular flexibility index (Phi) is 4.00. The van der Waals surface area contributed by atoms with Gasteiger partial charge in [0.15, 0.2) is 5.69 Å². The van der Waals surface area contributed by atoms with E-state index in [1.165, 1.54) is 18.1 Å². The second kappa shape index (κ2) is 6.26. The van der Waals surface area contributed by atoms with Gasteiger partial charge in [-0.2, -0.15) is 0 Å². The molecular formula is C16H16N4O2. The van der Waals surface area contributed by atoms with E-state index in [0.29, 0.717) is 12.4 Å². The molecule has 0 spiro atoms. The van der Waals surface area contributed by atoms with Crippen LogP contribution in [0.4, 0.5) is 0 Å². The number of rotatable bonds is 5. The number of hydrogen-bond donors (Lipinski definition) is 2. The summed E-state index contributed by atoms with van der Waals surface area (Å²) in [5, 5.41) is 11.6. The molecule has 2 aromatic heterocycles. The summed E-state index contributed by atoms with van der Waals surface area (Å²) < 4.78 is 4.91. The molecule has 0 aliphatic carbocycles. The molecular weight excluding hydrogens is 280 g/mol. The van der Waals surface area contributed by atoms with Gasteiger partial charge in [-0.15, -0.1) is 10.2 Å². The van der Waals surface area contributed by atoms with Gasteiger partial charge >= 0.3 is 0 Å². The second-order valence-electron chi connectivity index (χ2n) is 4.83. The number of benzene rings is 1. The predicted octanol–water partition coefficient (Wildman–Crippen LogP) is 1.94. The summed E-state index contributed by atoms with van der Waals surface area (Å²) in [5.74, 6) is 0.144. The number of aromatic amines is 1. The Labute approximate surface area is 127 Å². The lowest BCUT2D eigenvalue weighted by Crippen LogP contribution is -2.26. The molecule has 1 amide bonds. The Morgan fingerprint density at radius 3 is 2.86 bits per heavy atom. The summed E-state index contributed by atoms with van der Waals surface area (Å²) in [6.45, 7) is 0.536. The largest absolute Gasteiger partial charge is 0.480 e. The van der Waals surface area contributed by atoms with Crippen LogP contribution in [0.1, 0.15) is 16.1 Å². The first-order chi connectivity index (χ1) is 10.8. The van der Waals surface area contributed by atoms with Crippen molar-refractivity contribution in [2.45, 2.75) is 6.42 Å². The lowest BCUT2D eigenvalue weighted by atomic mass is 10.1. The number of aromatic nitrogens is 3. The van der Waals surface area contributed by atoms with Crippen molar-refractivity contribution in [3.05, 3.63) is 53.9 Å². The number of nitrogens with one attached hydrogen (secondary N) is 2. The second-order valence-corrected chi connectivity index (χ2v) is 4.83. The van der Waals surface area contributed by atoms with Gasteiger partial charge in [0.2, 0.25) is 5.88 Å². The van der Waals surface area contributed by atoms with Crippen LogP contribution in [0.15, 0.2) is 42.6 Å². The van der Waals surface area contributed by atoms with Crippen LogP contribution in [0.3, 0.4) is 0 Å². The Morgan fingerprint density at radius 2 is 2.09 bits per heavy atom. The van der Waals surface area contributed by atoms with Gasteiger partial charge in [0.1, 0.15) is 0 Å². The smallest absolute Gasteiger partial charge is 0.271 e. The zero-order chi connectivity index (χ0) is 15.4. The highest BCUT2D eigenvalue weighted by atomic mass is 16.5. The van der Waals surface area contributed by atoms with E-state index in [4.69, 9.17) is 4.74 Å². The zero-order valence-electron chi connectivity index (χ0n) is 12.2.